The van der Waals surface area contributed by atoms with E-state index in [2.05, 4.69) is 28.2 Å². The molecular weight excluding hydrogens is 294 g/mol. The standard InChI is InChI=1S/C14H22BrNO2/c1-2-3-10-17-11-8-16-9-12-18-14-6-4-13(15)5-7-14/h4-7,16H,2-3,8-12H2,1H3. The summed E-state index contributed by atoms with van der Waals surface area (Å²) in [6, 6.07) is 7.87. The minimum Gasteiger partial charge on any atom is -0.492 e. The molecule has 1 rings (SSSR count). The van der Waals surface area contributed by atoms with E-state index < -0.39 is 0 Å². The van der Waals surface area contributed by atoms with Gasteiger partial charge in [-0.15, -0.1) is 0 Å². The molecule has 0 amide bonds. The predicted molar refractivity (Wildman–Crippen MR) is 78.2 cm³/mol. The number of unbranched alkanes of at least 4 members (excludes halogenated alkanes) is 1. The van der Waals surface area contributed by atoms with Crippen LogP contribution >= 0.6 is 15.9 Å². The molecule has 1 aromatic rings. The van der Waals surface area contributed by atoms with Crippen molar-refractivity contribution >= 4 is 15.9 Å². The van der Waals surface area contributed by atoms with E-state index in [1.54, 1.807) is 0 Å². The van der Waals surface area contributed by atoms with Crippen LogP contribution in [0.15, 0.2) is 28.7 Å². The van der Waals surface area contributed by atoms with E-state index in [4.69, 9.17) is 9.47 Å². The lowest BCUT2D eigenvalue weighted by Gasteiger charge is -2.08. The van der Waals surface area contributed by atoms with Gasteiger partial charge in [-0.3, -0.25) is 0 Å². The number of rotatable bonds is 10. The van der Waals surface area contributed by atoms with Gasteiger partial charge in [0.15, 0.2) is 0 Å². The Labute approximate surface area is 118 Å². The van der Waals surface area contributed by atoms with Gasteiger partial charge >= 0.3 is 0 Å². The normalized spacial score (nSPS) is 10.6. The van der Waals surface area contributed by atoms with E-state index in [0.29, 0.717) is 6.61 Å². The summed E-state index contributed by atoms with van der Waals surface area (Å²) in [5, 5.41) is 3.28. The maximum atomic E-state index is 5.58. The first-order valence-electron chi connectivity index (χ1n) is 6.49. The van der Waals surface area contributed by atoms with E-state index in [1.165, 1.54) is 6.42 Å². The number of nitrogens with one attached hydrogen (secondary N) is 1. The van der Waals surface area contributed by atoms with Crippen molar-refractivity contribution in [2.45, 2.75) is 19.8 Å². The summed E-state index contributed by atoms with van der Waals surface area (Å²) in [6.07, 6.45) is 2.33. The summed E-state index contributed by atoms with van der Waals surface area (Å²) in [5.41, 5.74) is 0. The number of ether oxygens (including phenoxy) is 2. The molecule has 0 atom stereocenters. The monoisotopic (exact) mass is 315 g/mol. The topological polar surface area (TPSA) is 30.5 Å². The Morgan fingerprint density at radius 1 is 1.06 bits per heavy atom. The number of hydrogen-bond donors (Lipinski definition) is 1. The second-order valence-electron chi connectivity index (χ2n) is 4.02. The summed E-state index contributed by atoms with van der Waals surface area (Å²) in [6.45, 7) is 6.21. The molecule has 0 saturated carbocycles. The Kier molecular flexibility index (Phi) is 8.90. The van der Waals surface area contributed by atoms with Crippen molar-refractivity contribution in [2.75, 3.05) is 32.9 Å². The molecule has 0 aliphatic rings. The largest absolute Gasteiger partial charge is 0.492 e. The first-order chi connectivity index (χ1) is 8.83. The Morgan fingerprint density at radius 2 is 1.78 bits per heavy atom. The highest BCUT2D eigenvalue weighted by molar-refractivity contribution is 9.10. The minimum absolute atomic E-state index is 0.677. The molecule has 0 radical (unpaired) electrons. The predicted octanol–water partition coefficient (Wildman–Crippen LogP) is 3.23. The highest BCUT2D eigenvalue weighted by Crippen LogP contribution is 2.15. The van der Waals surface area contributed by atoms with Crippen molar-refractivity contribution in [1.29, 1.82) is 0 Å². The van der Waals surface area contributed by atoms with Gasteiger partial charge in [-0.25, -0.2) is 0 Å². The van der Waals surface area contributed by atoms with Gasteiger partial charge in [-0.2, -0.15) is 0 Å². The average molecular weight is 316 g/mol. The fourth-order valence-electron chi connectivity index (χ4n) is 1.39. The Balaban J connectivity index is 1.91. The molecule has 0 aromatic heterocycles. The molecule has 1 aromatic carbocycles. The van der Waals surface area contributed by atoms with Crippen molar-refractivity contribution in [3.05, 3.63) is 28.7 Å². The summed E-state index contributed by atoms with van der Waals surface area (Å²) in [4.78, 5) is 0. The third-order valence-electron chi connectivity index (χ3n) is 2.43. The molecule has 0 unspecified atom stereocenters. The van der Waals surface area contributed by atoms with Gasteiger partial charge in [0.1, 0.15) is 12.4 Å². The zero-order chi connectivity index (χ0) is 13.1. The highest BCUT2D eigenvalue weighted by Gasteiger charge is 1.93. The fourth-order valence-corrected chi connectivity index (χ4v) is 1.65. The van der Waals surface area contributed by atoms with Crippen LogP contribution in [-0.4, -0.2) is 32.9 Å². The van der Waals surface area contributed by atoms with Gasteiger partial charge in [0.25, 0.3) is 0 Å². The molecule has 0 heterocycles. The maximum Gasteiger partial charge on any atom is 0.119 e. The van der Waals surface area contributed by atoms with Gasteiger partial charge in [-0.1, -0.05) is 29.3 Å². The molecule has 1 N–H and O–H groups in total. The third-order valence-corrected chi connectivity index (χ3v) is 2.96. The van der Waals surface area contributed by atoms with E-state index >= 15 is 0 Å². The summed E-state index contributed by atoms with van der Waals surface area (Å²) >= 11 is 3.39. The van der Waals surface area contributed by atoms with Crippen molar-refractivity contribution in [3.63, 3.8) is 0 Å². The van der Waals surface area contributed by atoms with Crippen LogP contribution < -0.4 is 10.1 Å². The molecule has 18 heavy (non-hydrogen) atoms. The fraction of sp³-hybridized carbons (Fsp3) is 0.571. The van der Waals surface area contributed by atoms with Crippen molar-refractivity contribution in [2.24, 2.45) is 0 Å². The minimum atomic E-state index is 0.677. The summed E-state index contributed by atoms with van der Waals surface area (Å²) in [7, 11) is 0. The van der Waals surface area contributed by atoms with Crippen LogP contribution in [0.4, 0.5) is 0 Å². The first-order valence-corrected chi connectivity index (χ1v) is 7.29. The lowest BCUT2D eigenvalue weighted by molar-refractivity contribution is 0.132. The second-order valence-corrected chi connectivity index (χ2v) is 4.93. The van der Waals surface area contributed by atoms with Crippen molar-refractivity contribution in [3.8, 4) is 5.75 Å². The maximum absolute atomic E-state index is 5.58. The van der Waals surface area contributed by atoms with Gasteiger partial charge in [0.2, 0.25) is 0 Å². The molecular formula is C14H22BrNO2. The zero-order valence-electron chi connectivity index (χ0n) is 11.0. The molecule has 0 saturated heterocycles. The molecule has 0 aliphatic heterocycles. The second kappa shape index (κ2) is 10.4. The van der Waals surface area contributed by atoms with Crippen molar-refractivity contribution < 1.29 is 9.47 Å². The molecule has 4 heteroatoms. The van der Waals surface area contributed by atoms with Gasteiger partial charge in [0.05, 0.1) is 6.61 Å². The van der Waals surface area contributed by atoms with Gasteiger partial charge < -0.3 is 14.8 Å². The Hall–Kier alpha value is -0.580. The zero-order valence-corrected chi connectivity index (χ0v) is 12.5. The Morgan fingerprint density at radius 3 is 2.50 bits per heavy atom. The number of benzene rings is 1. The average Bonchev–Trinajstić information content (AvgIpc) is 2.39. The number of halogens is 1. The van der Waals surface area contributed by atoms with E-state index in [-0.39, 0.29) is 0 Å². The van der Waals surface area contributed by atoms with Gasteiger partial charge in [-0.05, 0) is 30.7 Å². The first kappa shape index (κ1) is 15.5. The van der Waals surface area contributed by atoms with Crippen LogP contribution in [-0.2, 0) is 4.74 Å². The van der Waals surface area contributed by atoms with Crippen LogP contribution in [0.2, 0.25) is 0 Å². The van der Waals surface area contributed by atoms with Gasteiger partial charge in [0, 0.05) is 24.2 Å². The Bertz CT molecular complexity index is 303. The molecule has 0 spiro atoms. The number of hydrogen-bond acceptors (Lipinski definition) is 3. The van der Waals surface area contributed by atoms with E-state index in [9.17, 15) is 0 Å². The van der Waals surface area contributed by atoms with E-state index in [0.717, 1.165) is 42.9 Å². The molecule has 0 fully saturated rings. The highest BCUT2D eigenvalue weighted by atomic mass is 79.9. The van der Waals surface area contributed by atoms with Crippen LogP contribution in [0.3, 0.4) is 0 Å². The summed E-state index contributed by atoms with van der Waals surface area (Å²) < 4.78 is 12.1. The van der Waals surface area contributed by atoms with Crippen LogP contribution in [0.1, 0.15) is 19.8 Å². The molecule has 102 valence electrons. The quantitative estimate of drug-likeness (QED) is 0.672. The van der Waals surface area contributed by atoms with Crippen molar-refractivity contribution in [1.82, 2.24) is 5.32 Å². The third kappa shape index (κ3) is 7.69. The van der Waals surface area contributed by atoms with Crippen LogP contribution in [0, 0.1) is 0 Å². The summed E-state index contributed by atoms with van der Waals surface area (Å²) in [5.74, 6) is 0.902. The molecule has 3 nitrogen and oxygen atoms in total. The van der Waals surface area contributed by atoms with Crippen LogP contribution in [0.25, 0.3) is 0 Å². The molecule has 0 bridgehead atoms. The SMILES string of the molecule is CCCCOCCNCCOc1ccc(Br)cc1. The lowest BCUT2D eigenvalue weighted by atomic mass is 10.3. The van der Waals surface area contributed by atoms with Crippen LogP contribution in [0.5, 0.6) is 5.75 Å². The smallest absolute Gasteiger partial charge is 0.119 e. The molecule has 0 aliphatic carbocycles. The lowest BCUT2D eigenvalue weighted by Crippen LogP contribution is -2.25. The van der Waals surface area contributed by atoms with E-state index in [1.807, 2.05) is 24.3 Å².